The lowest BCUT2D eigenvalue weighted by Gasteiger charge is -2.02. The summed E-state index contributed by atoms with van der Waals surface area (Å²) in [5.41, 5.74) is 0. The first kappa shape index (κ1) is 14.4. The summed E-state index contributed by atoms with van der Waals surface area (Å²) in [6.07, 6.45) is 5.00. The molecule has 9 heteroatoms. The summed E-state index contributed by atoms with van der Waals surface area (Å²) in [7, 11) is -3.61. The molecule has 106 valence electrons. The standard InChI is InChI=1S/C11H11N3O4S2/c15-11(16)4-3-8-1-2-9(19-8)5-14-20(17,18)10-6-12-7-13-10/h1-4,6-7,14H,5H2,(H,12,13)(H,15,16). The fourth-order valence-electron chi connectivity index (χ4n) is 1.37. The van der Waals surface area contributed by atoms with Crippen LogP contribution in [0, 0.1) is 0 Å². The maximum absolute atomic E-state index is 11.8. The first-order valence-corrected chi connectivity index (χ1v) is 7.75. The molecule has 0 radical (unpaired) electrons. The van der Waals surface area contributed by atoms with E-state index in [9.17, 15) is 13.2 Å². The molecule has 0 saturated carbocycles. The highest BCUT2D eigenvalue weighted by Crippen LogP contribution is 2.18. The Hall–Kier alpha value is -1.97. The van der Waals surface area contributed by atoms with E-state index in [-0.39, 0.29) is 11.6 Å². The predicted octanol–water partition coefficient (Wildman–Crippen LogP) is 1.05. The molecule has 2 heterocycles. The molecule has 3 N–H and O–H groups in total. The topological polar surface area (TPSA) is 112 Å². The van der Waals surface area contributed by atoms with E-state index < -0.39 is 16.0 Å². The van der Waals surface area contributed by atoms with Crippen LogP contribution < -0.4 is 4.72 Å². The third kappa shape index (κ3) is 3.76. The zero-order valence-electron chi connectivity index (χ0n) is 10.1. The number of aromatic nitrogens is 2. The first-order valence-electron chi connectivity index (χ1n) is 5.45. The summed E-state index contributed by atoms with van der Waals surface area (Å²) < 4.78 is 26.1. The van der Waals surface area contributed by atoms with E-state index >= 15 is 0 Å². The highest BCUT2D eigenvalue weighted by atomic mass is 32.2. The lowest BCUT2D eigenvalue weighted by atomic mass is 10.4. The van der Waals surface area contributed by atoms with Crippen LogP contribution in [0.25, 0.3) is 6.08 Å². The molecule has 0 aliphatic carbocycles. The monoisotopic (exact) mass is 313 g/mol. The van der Waals surface area contributed by atoms with Crippen LogP contribution in [0.1, 0.15) is 9.75 Å². The number of H-pyrrole nitrogens is 1. The molecule has 0 aliphatic rings. The molecule has 20 heavy (non-hydrogen) atoms. The van der Waals surface area contributed by atoms with Crippen LogP contribution in [-0.4, -0.2) is 29.5 Å². The summed E-state index contributed by atoms with van der Waals surface area (Å²) in [4.78, 5) is 18.1. The summed E-state index contributed by atoms with van der Waals surface area (Å²) in [6, 6.07) is 3.46. The van der Waals surface area contributed by atoms with Crippen molar-refractivity contribution in [2.24, 2.45) is 0 Å². The number of rotatable bonds is 6. The molecule has 0 spiro atoms. The van der Waals surface area contributed by atoms with Crippen molar-refractivity contribution in [2.45, 2.75) is 11.6 Å². The zero-order valence-corrected chi connectivity index (χ0v) is 11.7. The lowest BCUT2D eigenvalue weighted by Crippen LogP contribution is -2.23. The third-order valence-corrected chi connectivity index (χ3v) is 4.65. The molecule has 2 rings (SSSR count). The lowest BCUT2D eigenvalue weighted by molar-refractivity contribution is -0.131. The van der Waals surface area contributed by atoms with E-state index in [0.29, 0.717) is 0 Å². The summed E-state index contributed by atoms with van der Waals surface area (Å²) in [5.74, 6) is -1.03. The van der Waals surface area contributed by atoms with Gasteiger partial charge < -0.3 is 10.1 Å². The van der Waals surface area contributed by atoms with Crippen LogP contribution in [0.4, 0.5) is 0 Å². The highest BCUT2D eigenvalue weighted by molar-refractivity contribution is 7.89. The number of sulfonamides is 1. The number of nitrogens with zero attached hydrogens (tertiary/aromatic N) is 1. The fraction of sp³-hybridized carbons (Fsp3) is 0.0909. The number of carbonyl (C=O) groups is 1. The SMILES string of the molecule is O=C(O)C=Cc1ccc(CNS(=O)(=O)c2cnc[nH]2)s1. The Morgan fingerprint density at radius 3 is 2.95 bits per heavy atom. The number of hydrogen-bond acceptors (Lipinski definition) is 5. The Labute approximate surface area is 119 Å². The number of carboxylic acids is 1. The van der Waals surface area contributed by atoms with Crippen molar-refractivity contribution in [2.75, 3.05) is 0 Å². The van der Waals surface area contributed by atoms with Gasteiger partial charge in [0.05, 0.1) is 12.5 Å². The maximum Gasteiger partial charge on any atom is 0.328 e. The van der Waals surface area contributed by atoms with Crippen molar-refractivity contribution in [3.8, 4) is 0 Å². The minimum atomic E-state index is -3.61. The number of aliphatic carboxylic acids is 1. The number of aromatic amines is 1. The maximum atomic E-state index is 11.8. The Morgan fingerprint density at radius 1 is 1.50 bits per heavy atom. The molecule has 0 aliphatic heterocycles. The van der Waals surface area contributed by atoms with Crippen LogP contribution in [0.5, 0.6) is 0 Å². The fourth-order valence-corrected chi connectivity index (χ4v) is 3.22. The minimum absolute atomic E-state index is 0.0000487. The third-order valence-electron chi connectivity index (χ3n) is 2.27. The molecule has 0 amide bonds. The van der Waals surface area contributed by atoms with Gasteiger partial charge in [0.1, 0.15) is 0 Å². The molecule has 0 saturated heterocycles. The largest absolute Gasteiger partial charge is 0.478 e. The number of hydrogen-bond donors (Lipinski definition) is 3. The Morgan fingerprint density at radius 2 is 2.30 bits per heavy atom. The van der Waals surface area contributed by atoms with Crippen molar-refractivity contribution >= 4 is 33.4 Å². The number of imidazole rings is 1. The van der Waals surface area contributed by atoms with Gasteiger partial charge in [-0.3, -0.25) is 0 Å². The Balaban J connectivity index is 2.00. The smallest absolute Gasteiger partial charge is 0.328 e. The van der Waals surface area contributed by atoms with Gasteiger partial charge in [-0.15, -0.1) is 11.3 Å². The van der Waals surface area contributed by atoms with Crippen LogP contribution in [0.15, 0.2) is 35.8 Å². The van der Waals surface area contributed by atoms with Crippen LogP contribution in [-0.2, 0) is 21.4 Å². The van der Waals surface area contributed by atoms with Crippen molar-refractivity contribution in [3.63, 3.8) is 0 Å². The molecule has 0 fully saturated rings. The van der Waals surface area contributed by atoms with Crippen LogP contribution >= 0.6 is 11.3 Å². The van der Waals surface area contributed by atoms with Gasteiger partial charge >= 0.3 is 5.97 Å². The van der Waals surface area contributed by atoms with Crippen LogP contribution in [0.2, 0.25) is 0 Å². The molecule has 0 bridgehead atoms. The quantitative estimate of drug-likeness (QED) is 0.690. The van der Waals surface area contributed by atoms with E-state index in [2.05, 4.69) is 14.7 Å². The second kappa shape index (κ2) is 5.99. The average molecular weight is 313 g/mol. The molecule has 2 aromatic rings. The normalized spacial score (nSPS) is 12.0. The summed E-state index contributed by atoms with van der Waals surface area (Å²) in [5, 5.41) is 8.51. The molecule has 0 unspecified atom stereocenters. The van der Waals surface area contributed by atoms with Crippen molar-refractivity contribution in [1.29, 1.82) is 0 Å². The Bertz CT molecular complexity index is 717. The minimum Gasteiger partial charge on any atom is -0.478 e. The van der Waals surface area contributed by atoms with Crippen molar-refractivity contribution in [1.82, 2.24) is 14.7 Å². The van der Waals surface area contributed by atoms with E-state index in [1.165, 1.54) is 29.9 Å². The second-order valence-electron chi connectivity index (χ2n) is 3.72. The molecular formula is C11H11N3O4S2. The van der Waals surface area contributed by atoms with Crippen molar-refractivity contribution in [3.05, 3.63) is 40.5 Å². The van der Waals surface area contributed by atoms with E-state index in [1.54, 1.807) is 12.1 Å². The van der Waals surface area contributed by atoms with Crippen molar-refractivity contribution < 1.29 is 18.3 Å². The zero-order chi connectivity index (χ0) is 14.6. The summed E-state index contributed by atoms with van der Waals surface area (Å²) >= 11 is 1.31. The van der Waals surface area contributed by atoms with Crippen LogP contribution in [0.3, 0.4) is 0 Å². The van der Waals surface area contributed by atoms with Gasteiger partial charge in [-0.05, 0) is 18.2 Å². The van der Waals surface area contributed by atoms with Gasteiger partial charge in [0.25, 0.3) is 10.0 Å². The average Bonchev–Trinajstić information content (AvgIpc) is 3.06. The van der Waals surface area contributed by atoms with Gasteiger partial charge in [0.15, 0.2) is 5.03 Å². The number of nitrogens with one attached hydrogen (secondary N) is 2. The first-order chi connectivity index (χ1) is 9.47. The molecule has 7 nitrogen and oxygen atoms in total. The molecule has 2 aromatic heterocycles. The molecular weight excluding hydrogens is 302 g/mol. The number of carboxylic acid groups (broad SMARTS) is 1. The van der Waals surface area contributed by atoms with E-state index in [4.69, 9.17) is 5.11 Å². The van der Waals surface area contributed by atoms with E-state index in [1.807, 2.05) is 0 Å². The van der Waals surface area contributed by atoms with E-state index in [0.717, 1.165) is 15.8 Å². The Kier molecular flexibility index (Phi) is 4.32. The van der Waals surface area contributed by atoms with Gasteiger partial charge in [-0.25, -0.2) is 22.9 Å². The number of thiophene rings is 1. The highest BCUT2D eigenvalue weighted by Gasteiger charge is 2.15. The second-order valence-corrected chi connectivity index (χ2v) is 6.65. The predicted molar refractivity (Wildman–Crippen MR) is 73.6 cm³/mol. The van der Waals surface area contributed by atoms with Gasteiger partial charge in [-0.1, -0.05) is 0 Å². The van der Waals surface area contributed by atoms with Gasteiger partial charge in [0.2, 0.25) is 0 Å². The molecule has 0 atom stereocenters. The molecule has 0 aromatic carbocycles. The van der Waals surface area contributed by atoms with Gasteiger partial charge in [-0.2, -0.15) is 0 Å². The summed E-state index contributed by atoms with van der Waals surface area (Å²) in [6.45, 7) is 0.132. The van der Waals surface area contributed by atoms with Gasteiger partial charge in [0, 0.05) is 22.4 Å².